The maximum atomic E-state index is 13.1. The van der Waals surface area contributed by atoms with Gasteiger partial charge in [0.05, 0.1) is 26.4 Å². The van der Waals surface area contributed by atoms with Crippen molar-refractivity contribution in [1.82, 2.24) is 0 Å². The van der Waals surface area contributed by atoms with E-state index < -0.39 is 97.5 Å². The van der Waals surface area contributed by atoms with E-state index in [1.165, 1.54) is 199 Å². The monoisotopic (exact) mass is 1400 g/mol. The Morgan fingerprint density at radius 2 is 0.537 bits per heavy atom. The standard InChI is InChI=1S/C76H148O17P2/c1-8-11-12-13-14-15-16-17-18-19-20-25-28-38-45-52-59-75(80)92-71(63-86-73(78)57-50-43-36-27-24-22-21-23-26-33-40-47-54-67(4)5)65-90-94(82,83)88-61-70(77)62-89-95(84,85)91-66-72(93-76(81)60-53-46-39-32-30-35-42-49-56-69(7)10-3)64-87-74(79)58-51-44-37-31-29-34-41-48-55-68(6)9-2/h67-72,77H,8-66H2,1-7H3,(H,82,83)(H,84,85)/t68?,69?,70-,71-,72-/m1/s1. The molecule has 0 bridgehead atoms. The Kier molecular flexibility index (Phi) is 65.2. The van der Waals surface area contributed by atoms with Crippen LogP contribution in [0.25, 0.3) is 0 Å². The summed E-state index contributed by atoms with van der Waals surface area (Å²) in [4.78, 5) is 72.9. The van der Waals surface area contributed by atoms with Crippen molar-refractivity contribution >= 4 is 39.5 Å². The lowest BCUT2D eigenvalue weighted by molar-refractivity contribution is -0.161. The molecule has 0 aliphatic carbocycles. The number of phosphoric acid groups is 2. The Hall–Kier alpha value is -1.94. The second-order valence-electron chi connectivity index (χ2n) is 28.4. The first-order chi connectivity index (χ1) is 45.8. The van der Waals surface area contributed by atoms with Crippen LogP contribution in [0.1, 0.15) is 389 Å². The van der Waals surface area contributed by atoms with Gasteiger partial charge in [-0.2, -0.15) is 0 Å². The third-order valence-corrected chi connectivity index (χ3v) is 20.3. The van der Waals surface area contributed by atoms with E-state index in [0.717, 1.165) is 108 Å². The Morgan fingerprint density at radius 3 is 0.800 bits per heavy atom. The van der Waals surface area contributed by atoms with Crippen LogP contribution < -0.4 is 0 Å². The lowest BCUT2D eigenvalue weighted by Crippen LogP contribution is -2.30. The van der Waals surface area contributed by atoms with Crippen molar-refractivity contribution in [2.45, 2.75) is 407 Å². The second-order valence-corrected chi connectivity index (χ2v) is 31.3. The summed E-state index contributed by atoms with van der Waals surface area (Å²) in [7, 11) is -9.91. The van der Waals surface area contributed by atoms with Crippen LogP contribution in [0, 0.1) is 17.8 Å². The number of rotatable bonds is 74. The number of ether oxygens (including phenoxy) is 4. The van der Waals surface area contributed by atoms with E-state index in [4.69, 9.17) is 37.0 Å². The maximum Gasteiger partial charge on any atom is 0.472 e. The first-order valence-electron chi connectivity index (χ1n) is 39.4. The van der Waals surface area contributed by atoms with E-state index in [-0.39, 0.29) is 25.7 Å². The second kappa shape index (κ2) is 66.6. The Bertz CT molecular complexity index is 1860. The van der Waals surface area contributed by atoms with Gasteiger partial charge in [0.25, 0.3) is 0 Å². The van der Waals surface area contributed by atoms with Gasteiger partial charge in [-0.25, -0.2) is 9.13 Å². The highest BCUT2D eigenvalue weighted by Crippen LogP contribution is 2.45. The molecule has 95 heavy (non-hydrogen) atoms. The van der Waals surface area contributed by atoms with Crippen LogP contribution in [0.3, 0.4) is 0 Å². The zero-order valence-corrected chi connectivity index (χ0v) is 63.9. The smallest absolute Gasteiger partial charge is 0.462 e. The molecule has 19 heteroatoms. The van der Waals surface area contributed by atoms with Gasteiger partial charge in [-0.3, -0.25) is 37.3 Å². The van der Waals surface area contributed by atoms with E-state index in [2.05, 4.69) is 48.5 Å². The van der Waals surface area contributed by atoms with E-state index in [1.807, 2.05) is 0 Å². The van der Waals surface area contributed by atoms with Crippen LogP contribution in [0.2, 0.25) is 0 Å². The number of aliphatic hydroxyl groups excluding tert-OH is 1. The minimum Gasteiger partial charge on any atom is -0.462 e. The van der Waals surface area contributed by atoms with Gasteiger partial charge in [0.1, 0.15) is 19.3 Å². The molecule has 0 amide bonds. The molecule has 0 rings (SSSR count). The Labute approximate surface area is 581 Å². The van der Waals surface area contributed by atoms with E-state index in [0.29, 0.717) is 25.7 Å². The van der Waals surface area contributed by atoms with Crippen LogP contribution >= 0.6 is 15.6 Å². The zero-order valence-electron chi connectivity index (χ0n) is 62.1. The summed E-state index contributed by atoms with van der Waals surface area (Å²) in [6.45, 7) is 11.9. The number of hydrogen-bond acceptors (Lipinski definition) is 15. The lowest BCUT2D eigenvalue weighted by Gasteiger charge is -2.21. The van der Waals surface area contributed by atoms with E-state index >= 15 is 0 Å². The van der Waals surface area contributed by atoms with Gasteiger partial charge in [-0.15, -0.1) is 0 Å². The largest absolute Gasteiger partial charge is 0.472 e. The van der Waals surface area contributed by atoms with Crippen molar-refractivity contribution in [3.8, 4) is 0 Å². The third kappa shape index (κ3) is 67.6. The number of esters is 4. The number of unbranched alkanes of at least 4 members (excludes halogenated alkanes) is 40. The highest BCUT2D eigenvalue weighted by atomic mass is 31.2. The first-order valence-corrected chi connectivity index (χ1v) is 42.4. The fourth-order valence-electron chi connectivity index (χ4n) is 11.5. The van der Waals surface area contributed by atoms with E-state index in [1.54, 1.807) is 0 Å². The van der Waals surface area contributed by atoms with Gasteiger partial charge < -0.3 is 33.8 Å². The molecule has 0 aliphatic rings. The molecule has 0 fully saturated rings. The summed E-state index contributed by atoms with van der Waals surface area (Å²) >= 11 is 0. The normalized spacial score (nSPS) is 14.6. The number of carbonyl (C=O) groups is 4. The van der Waals surface area contributed by atoms with Gasteiger partial charge in [0.15, 0.2) is 12.2 Å². The van der Waals surface area contributed by atoms with Crippen molar-refractivity contribution in [1.29, 1.82) is 0 Å². The predicted molar refractivity (Wildman–Crippen MR) is 386 cm³/mol. The van der Waals surface area contributed by atoms with Crippen molar-refractivity contribution in [2.24, 2.45) is 17.8 Å². The molecule has 564 valence electrons. The quantitative estimate of drug-likeness (QED) is 0.0222. The molecule has 0 aromatic carbocycles. The highest BCUT2D eigenvalue weighted by Gasteiger charge is 2.30. The molecule has 3 N–H and O–H groups in total. The minimum absolute atomic E-state index is 0.104. The molecule has 7 atom stereocenters. The van der Waals surface area contributed by atoms with Crippen LogP contribution in [0.15, 0.2) is 0 Å². The van der Waals surface area contributed by atoms with Crippen LogP contribution in [-0.2, 0) is 65.4 Å². The fourth-order valence-corrected chi connectivity index (χ4v) is 13.1. The zero-order chi connectivity index (χ0) is 70.1. The molecule has 0 saturated heterocycles. The average Bonchev–Trinajstić information content (AvgIpc) is 2.50. The van der Waals surface area contributed by atoms with Crippen LogP contribution in [0.4, 0.5) is 0 Å². The van der Waals surface area contributed by atoms with Gasteiger partial charge >= 0.3 is 39.5 Å². The first kappa shape index (κ1) is 93.1. The molecule has 0 radical (unpaired) electrons. The summed E-state index contributed by atoms with van der Waals surface area (Å²) < 4.78 is 68.6. The van der Waals surface area contributed by atoms with Gasteiger partial charge in [-0.1, -0.05) is 337 Å². The molecule has 0 aromatic heterocycles. The molecule has 0 heterocycles. The van der Waals surface area contributed by atoms with Crippen molar-refractivity contribution in [3.05, 3.63) is 0 Å². The summed E-state index contributed by atoms with van der Waals surface area (Å²) in [5, 5.41) is 10.6. The summed E-state index contributed by atoms with van der Waals surface area (Å²) in [5.41, 5.74) is 0. The van der Waals surface area contributed by atoms with Gasteiger partial charge in [0.2, 0.25) is 0 Å². The molecule has 0 spiro atoms. The number of aliphatic hydroxyl groups is 1. The topological polar surface area (TPSA) is 237 Å². The molecule has 4 unspecified atom stereocenters. The maximum absolute atomic E-state index is 13.1. The summed E-state index contributed by atoms with van der Waals surface area (Å²) in [6, 6.07) is 0. The molecule has 0 aromatic rings. The average molecular weight is 1400 g/mol. The van der Waals surface area contributed by atoms with Gasteiger partial charge in [0, 0.05) is 25.7 Å². The van der Waals surface area contributed by atoms with Gasteiger partial charge in [-0.05, 0) is 43.4 Å². The molecule has 17 nitrogen and oxygen atoms in total. The van der Waals surface area contributed by atoms with E-state index in [9.17, 15) is 43.2 Å². The molecule has 0 saturated carbocycles. The minimum atomic E-state index is -4.96. The SMILES string of the molecule is CCCCCCCCCCCCCCCCCCC(=O)O[C@H](COC(=O)CCCCCCCCCCCCCCC(C)C)COP(=O)(O)OC[C@@H](O)COP(=O)(O)OC[C@@H](COC(=O)CCCCCCCCCCC(C)CC)OC(=O)CCCCCCCCCCC(C)CC. The van der Waals surface area contributed by atoms with Crippen molar-refractivity contribution in [2.75, 3.05) is 39.6 Å². The predicted octanol–water partition coefficient (Wildman–Crippen LogP) is 22.2. The summed E-state index contributed by atoms with van der Waals surface area (Å²) in [6.07, 6.45) is 52.5. The van der Waals surface area contributed by atoms with Crippen LogP contribution in [-0.4, -0.2) is 96.7 Å². The molecule has 0 aliphatic heterocycles. The Balaban J connectivity index is 5.27. The lowest BCUT2D eigenvalue weighted by atomic mass is 9.99. The van der Waals surface area contributed by atoms with Crippen molar-refractivity contribution in [3.63, 3.8) is 0 Å². The van der Waals surface area contributed by atoms with Crippen molar-refractivity contribution < 1.29 is 80.2 Å². The molecular weight excluding hydrogens is 1250 g/mol. The molecular formula is C76H148O17P2. The number of carbonyl (C=O) groups excluding carboxylic acids is 4. The fraction of sp³-hybridized carbons (Fsp3) is 0.947. The number of phosphoric ester groups is 2. The highest BCUT2D eigenvalue weighted by molar-refractivity contribution is 7.47. The summed E-state index contributed by atoms with van der Waals surface area (Å²) in [5.74, 6) is 0.211. The van der Waals surface area contributed by atoms with Crippen LogP contribution in [0.5, 0.6) is 0 Å². The Morgan fingerprint density at radius 1 is 0.305 bits per heavy atom. The third-order valence-electron chi connectivity index (χ3n) is 18.4. The number of hydrogen-bond donors (Lipinski definition) is 3.